The fourth-order valence-electron chi connectivity index (χ4n) is 4.01. The highest BCUT2D eigenvalue weighted by Gasteiger charge is 2.23. The lowest BCUT2D eigenvalue weighted by Crippen LogP contribution is -2.42. The third kappa shape index (κ3) is 6.48. The molecule has 1 unspecified atom stereocenters. The Bertz CT molecular complexity index is 1020. The maximum absolute atomic E-state index is 12.7. The van der Waals surface area contributed by atoms with Crippen LogP contribution in [-0.4, -0.2) is 54.2 Å². The number of aryl methyl sites for hydroxylation is 1. The highest BCUT2D eigenvalue weighted by atomic mass is 16.2. The van der Waals surface area contributed by atoms with Crippen molar-refractivity contribution >= 4 is 23.3 Å². The number of piperidine rings is 1. The van der Waals surface area contributed by atoms with Crippen LogP contribution in [0, 0.1) is 11.8 Å². The number of carbonyl (C=O) groups is 3. The van der Waals surface area contributed by atoms with Gasteiger partial charge in [0.05, 0.1) is 12.2 Å². The molecule has 0 spiro atoms. The number of Topliss-reactive ketones (excluding diaryl/α,β-unsaturated/α-hetero) is 1. The Kier molecular flexibility index (Phi) is 8.33. The van der Waals surface area contributed by atoms with Crippen molar-refractivity contribution in [1.82, 2.24) is 15.2 Å². The van der Waals surface area contributed by atoms with E-state index in [1.54, 1.807) is 11.1 Å². The minimum Gasteiger partial charge on any atom is -0.345 e. The predicted octanol–water partition coefficient (Wildman–Crippen LogP) is 3.55. The zero-order chi connectivity index (χ0) is 24.0. The molecule has 1 aromatic heterocycles. The summed E-state index contributed by atoms with van der Waals surface area (Å²) < 4.78 is 0. The number of ketones is 1. The summed E-state index contributed by atoms with van der Waals surface area (Å²) in [7, 11) is 1.81. The normalized spacial score (nSPS) is 16.2. The molecule has 0 radical (unpaired) electrons. The zero-order valence-corrected chi connectivity index (χ0v) is 20.0. The van der Waals surface area contributed by atoms with E-state index in [1.165, 1.54) is 5.56 Å². The first-order valence-corrected chi connectivity index (χ1v) is 11.7. The maximum atomic E-state index is 12.7. The van der Waals surface area contributed by atoms with Gasteiger partial charge in [-0.3, -0.25) is 19.4 Å². The number of benzene rings is 1. The molecule has 0 bridgehead atoms. The monoisotopic (exact) mass is 450 g/mol. The lowest BCUT2D eigenvalue weighted by Gasteiger charge is -2.29. The summed E-state index contributed by atoms with van der Waals surface area (Å²) in [4.78, 5) is 43.2. The van der Waals surface area contributed by atoms with Gasteiger partial charge in [-0.05, 0) is 36.0 Å². The van der Waals surface area contributed by atoms with Crippen molar-refractivity contribution in [3.8, 4) is 11.1 Å². The third-order valence-corrected chi connectivity index (χ3v) is 6.03. The van der Waals surface area contributed by atoms with E-state index >= 15 is 0 Å². The second kappa shape index (κ2) is 11.2. The molecule has 2 amide bonds. The molecule has 7 nitrogen and oxygen atoms in total. The molecule has 2 aromatic rings. The predicted molar refractivity (Wildman–Crippen MR) is 130 cm³/mol. The van der Waals surface area contributed by atoms with Gasteiger partial charge in [0.25, 0.3) is 0 Å². The molecule has 1 aliphatic rings. The minimum atomic E-state index is -0.230. The Hall–Kier alpha value is -3.06. The average Bonchev–Trinajstić information content (AvgIpc) is 2.81. The Morgan fingerprint density at radius 3 is 2.70 bits per heavy atom. The first kappa shape index (κ1) is 24.6. The smallest absolute Gasteiger partial charge is 0.238 e. The molecule has 33 heavy (non-hydrogen) atoms. The number of pyridine rings is 1. The summed E-state index contributed by atoms with van der Waals surface area (Å²) in [5.41, 5.74) is 3.77. The summed E-state index contributed by atoms with van der Waals surface area (Å²) in [5.74, 6) is -0.0690. The number of rotatable bonds is 9. The zero-order valence-electron chi connectivity index (χ0n) is 20.0. The third-order valence-electron chi connectivity index (χ3n) is 6.03. The molecule has 176 valence electrons. The first-order valence-electron chi connectivity index (χ1n) is 11.7. The van der Waals surface area contributed by atoms with Crippen molar-refractivity contribution in [3.63, 3.8) is 0 Å². The van der Waals surface area contributed by atoms with Crippen LogP contribution >= 0.6 is 0 Å². The topological polar surface area (TPSA) is 91.4 Å². The second-order valence-electron chi connectivity index (χ2n) is 9.05. The number of hydrogen-bond donors (Lipinski definition) is 2. The van der Waals surface area contributed by atoms with Gasteiger partial charge in [0.2, 0.25) is 11.8 Å². The van der Waals surface area contributed by atoms with Gasteiger partial charge in [-0.15, -0.1) is 0 Å². The van der Waals surface area contributed by atoms with Crippen LogP contribution in [0.15, 0.2) is 36.5 Å². The average molecular weight is 451 g/mol. The second-order valence-corrected chi connectivity index (χ2v) is 9.05. The van der Waals surface area contributed by atoms with E-state index in [-0.39, 0.29) is 35.8 Å². The number of aromatic nitrogens is 1. The summed E-state index contributed by atoms with van der Waals surface area (Å²) in [6.07, 6.45) is 3.99. The maximum Gasteiger partial charge on any atom is 0.238 e. The van der Waals surface area contributed by atoms with Crippen LogP contribution < -0.4 is 10.6 Å². The molecule has 0 saturated carbocycles. The van der Waals surface area contributed by atoms with Gasteiger partial charge in [-0.1, -0.05) is 45.0 Å². The van der Waals surface area contributed by atoms with Gasteiger partial charge in [-0.25, -0.2) is 0 Å². The molecule has 1 aromatic carbocycles. The summed E-state index contributed by atoms with van der Waals surface area (Å²) in [6, 6.07) is 10.00. The van der Waals surface area contributed by atoms with E-state index in [4.69, 9.17) is 0 Å². The Labute approximate surface area is 196 Å². The van der Waals surface area contributed by atoms with E-state index in [1.807, 2.05) is 39.1 Å². The van der Waals surface area contributed by atoms with Crippen molar-refractivity contribution in [2.45, 2.75) is 40.0 Å². The number of hydrogen-bond acceptors (Lipinski definition) is 5. The van der Waals surface area contributed by atoms with Crippen LogP contribution in [0.4, 0.5) is 5.69 Å². The van der Waals surface area contributed by atoms with Crippen LogP contribution in [-0.2, 0) is 16.0 Å². The fourth-order valence-corrected chi connectivity index (χ4v) is 4.01. The molecule has 3 rings (SSSR count). The lowest BCUT2D eigenvalue weighted by molar-refractivity contribution is -0.133. The van der Waals surface area contributed by atoms with Gasteiger partial charge < -0.3 is 15.5 Å². The largest absolute Gasteiger partial charge is 0.345 e. The Morgan fingerprint density at radius 1 is 1.21 bits per heavy atom. The Morgan fingerprint density at radius 2 is 2.00 bits per heavy atom. The summed E-state index contributed by atoms with van der Waals surface area (Å²) in [5, 5.41) is 6.08. The number of amides is 2. The molecule has 1 fully saturated rings. The van der Waals surface area contributed by atoms with Crippen LogP contribution in [0.25, 0.3) is 11.1 Å². The van der Waals surface area contributed by atoms with Crippen molar-refractivity contribution in [2.75, 3.05) is 32.0 Å². The van der Waals surface area contributed by atoms with E-state index in [0.717, 1.165) is 24.0 Å². The quantitative estimate of drug-likeness (QED) is 0.570. The van der Waals surface area contributed by atoms with Crippen LogP contribution in [0.5, 0.6) is 0 Å². The molecular weight excluding hydrogens is 416 g/mol. The van der Waals surface area contributed by atoms with E-state index in [2.05, 4.69) is 34.7 Å². The molecule has 1 saturated heterocycles. The first-order chi connectivity index (χ1) is 15.8. The molecule has 1 aliphatic heterocycles. The molecule has 7 heteroatoms. The van der Waals surface area contributed by atoms with E-state index in [9.17, 15) is 14.4 Å². The number of nitrogens with zero attached hydrogens (tertiary/aromatic N) is 2. The number of nitrogens with one attached hydrogen (secondary N) is 2. The standard InChI is InChI=1S/C26H34N4O3/c1-5-18-7-6-8-20(11-18)21-12-22(25(28-14-21)26(33)17(2)3)29-23(31)15-27-13-19-9-10-24(32)30(4)16-19/h6-8,11-12,14,17,19,27H,5,9-10,13,15-16H2,1-4H3,(H,29,31). The molecule has 1 atom stereocenters. The highest BCUT2D eigenvalue weighted by Crippen LogP contribution is 2.26. The fraction of sp³-hybridized carbons (Fsp3) is 0.462. The molecule has 0 aliphatic carbocycles. The van der Waals surface area contributed by atoms with Crippen molar-refractivity contribution in [1.29, 1.82) is 0 Å². The van der Waals surface area contributed by atoms with Gasteiger partial charge >= 0.3 is 0 Å². The van der Waals surface area contributed by atoms with E-state index in [0.29, 0.717) is 31.1 Å². The van der Waals surface area contributed by atoms with Crippen LogP contribution in [0.3, 0.4) is 0 Å². The number of carbonyl (C=O) groups excluding carboxylic acids is 3. The molecular formula is C26H34N4O3. The number of anilines is 1. The van der Waals surface area contributed by atoms with E-state index < -0.39 is 0 Å². The SMILES string of the molecule is CCc1cccc(-c2cnc(C(=O)C(C)C)c(NC(=O)CNCC3CCC(=O)N(C)C3)c2)c1. The van der Waals surface area contributed by atoms with Gasteiger partial charge in [0.1, 0.15) is 5.69 Å². The summed E-state index contributed by atoms with van der Waals surface area (Å²) >= 11 is 0. The highest BCUT2D eigenvalue weighted by molar-refractivity contribution is 6.05. The van der Waals surface area contributed by atoms with Crippen LogP contribution in [0.2, 0.25) is 0 Å². The lowest BCUT2D eigenvalue weighted by atomic mass is 9.98. The van der Waals surface area contributed by atoms with Crippen molar-refractivity contribution < 1.29 is 14.4 Å². The molecule has 2 N–H and O–H groups in total. The van der Waals surface area contributed by atoms with Crippen molar-refractivity contribution in [2.24, 2.45) is 11.8 Å². The van der Waals surface area contributed by atoms with Crippen LogP contribution in [0.1, 0.15) is 49.7 Å². The minimum absolute atomic E-state index is 0.109. The Balaban J connectivity index is 1.71. The van der Waals surface area contributed by atoms with Gasteiger partial charge in [-0.2, -0.15) is 0 Å². The van der Waals surface area contributed by atoms with Crippen molar-refractivity contribution in [3.05, 3.63) is 47.8 Å². The van der Waals surface area contributed by atoms with Gasteiger partial charge in [0, 0.05) is 44.2 Å². The molecule has 2 heterocycles. The number of likely N-dealkylation sites (tertiary alicyclic amines) is 1. The van der Waals surface area contributed by atoms with Gasteiger partial charge in [0.15, 0.2) is 5.78 Å². The summed E-state index contributed by atoms with van der Waals surface area (Å²) in [6.45, 7) is 7.22.